The van der Waals surface area contributed by atoms with Crippen molar-refractivity contribution < 1.29 is 4.39 Å². The molecule has 0 unspecified atom stereocenters. The standard InChI is InChI=1S/C21H23FN4/c1-15(2)26(14-17-8-5-4-6-9-17)21-13-20(23-16(3)24-21)25-19-11-7-10-18(22)12-19/h4-13,15H,14H2,1-3H3,(H,23,24,25). The second-order valence-corrected chi connectivity index (χ2v) is 6.50. The maximum absolute atomic E-state index is 13.4. The van der Waals surface area contributed by atoms with Gasteiger partial charge in [0.25, 0.3) is 0 Å². The van der Waals surface area contributed by atoms with Gasteiger partial charge in [0.15, 0.2) is 0 Å². The monoisotopic (exact) mass is 350 g/mol. The lowest BCUT2D eigenvalue weighted by Gasteiger charge is -2.28. The van der Waals surface area contributed by atoms with E-state index in [0.717, 1.165) is 12.4 Å². The van der Waals surface area contributed by atoms with Crippen LogP contribution in [0.1, 0.15) is 25.2 Å². The Morgan fingerprint density at radius 1 is 1.00 bits per heavy atom. The van der Waals surface area contributed by atoms with E-state index in [9.17, 15) is 4.39 Å². The highest BCUT2D eigenvalue weighted by molar-refractivity contribution is 5.60. The van der Waals surface area contributed by atoms with Crippen molar-refractivity contribution in [2.24, 2.45) is 0 Å². The lowest BCUT2D eigenvalue weighted by atomic mass is 10.2. The van der Waals surface area contributed by atoms with Gasteiger partial charge in [-0.15, -0.1) is 0 Å². The Morgan fingerprint density at radius 3 is 2.46 bits per heavy atom. The largest absolute Gasteiger partial charge is 0.350 e. The van der Waals surface area contributed by atoms with Gasteiger partial charge in [-0.1, -0.05) is 36.4 Å². The normalized spacial score (nSPS) is 10.8. The molecule has 0 fully saturated rings. The average molecular weight is 350 g/mol. The van der Waals surface area contributed by atoms with Gasteiger partial charge >= 0.3 is 0 Å². The molecule has 134 valence electrons. The first-order valence-corrected chi connectivity index (χ1v) is 8.70. The number of anilines is 3. The minimum absolute atomic E-state index is 0.270. The van der Waals surface area contributed by atoms with E-state index in [1.165, 1.54) is 17.7 Å². The van der Waals surface area contributed by atoms with Crippen molar-refractivity contribution in [3.8, 4) is 0 Å². The maximum Gasteiger partial charge on any atom is 0.136 e. The van der Waals surface area contributed by atoms with Crippen LogP contribution in [0.4, 0.5) is 21.7 Å². The lowest BCUT2D eigenvalue weighted by molar-refractivity contribution is 0.628. The van der Waals surface area contributed by atoms with Gasteiger partial charge in [0.2, 0.25) is 0 Å². The molecule has 1 heterocycles. The molecular weight excluding hydrogens is 327 g/mol. The molecule has 2 aromatic carbocycles. The molecule has 0 spiro atoms. The van der Waals surface area contributed by atoms with Crippen molar-refractivity contribution in [1.82, 2.24) is 9.97 Å². The van der Waals surface area contributed by atoms with E-state index in [1.54, 1.807) is 6.07 Å². The van der Waals surface area contributed by atoms with Crippen LogP contribution in [0.2, 0.25) is 0 Å². The summed E-state index contributed by atoms with van der Waals surface area (Å²) in [6.45, 7) is 6.90. The molecule has 4 nitrogen and oxygen atoms in total. The predicted molar refractivity (Wildman–Crippen MR) is 104 cm³/mol. The zero-order chi connectivity index (χ0) is 18.5. The summed E-state index contributed by atoms with van der Waals surface area (Å²) in [5.41, 5.74) is 1.88. The van der Waals surface area contributed by atoms with Gasteiger partial charge in [0, 0.05) is 24.3 Å². The maximum atomic E-state index is 13.4. The van der Waals surface area contributed by atoms with Crippen LogP contribution in [-0.2, 0) is 6.54 Å². The van der Waals surface area contributed by atoms with Crippen LogP contribution in [0, 0.1) is 12.7 Å². The van der Waals surface area contributed by atoms with Crippen LogP contribution in [0.25, 0.3) is 0 Å². The highest BCUT2D eigenvalue weighted by Gasteiger charge is 2.15. The first-order chi connectivity index (χ1) is 12.5. The number of hydrogen-bond donors (Lipinski definition) is 1. The highest BCUT2D eigenvalue weighted by Crippen LogP contribution is 2.23. The van der Waals surface area contributed by atoms with E-state index in [2.05, 4.69) is 46.2 Å². The molecule has 0 saturated carbocycles. The smallest absolute Gasteiger partial charge is 0.136 e. The number of nitrogens with one attached hydrogen (secondary N) is 1. The van der Waals surface area contributed by atoms with Crippen LogP contribution >= 0.6 is 0 Å². The third kappa shape index (κ3) is 4.57. The lowest BCUT2D eigenvalue weighted by Crippen LogP contribution is -2.31. The van der Waals surface area contributed by atoms with E-state index in [4.69, 9.17) is 0 Å². The molecular formula is C21H23FN4. The third-order valence-electron chi connectivity index (χ3n) is 4.03. The number of nitrogens with zero attached hydrogens (tertiary/aromatic N) is 3. The van der Waals surface area contributed by atoms with E-state index >= 15 is 0 Å². The van der Waals surface area contributed by atoms with E-state index in [1.807, 2.05) is 37.3 Å². The molecule has 0 saturated heterocycles. The Labute approximate surface area is 153 Å². The summed E-state index contributed by atoms with van der Waals surface area (Å²) in [5, 5.41) is 3.17. The van der Waals surface area contributed by atoms with Gasteiger partial charge in [0.1, 0.15) is 23.3 Å². The molecule has 1 aromatic heterocycles. The number of aromatic nitrogens is 2. The Bertz CT molecular complexity index is 865. The quantitative estimate of drug-likeness (QED) is 0.673. The number of rotatable bonds is 6. The molecule has 0 atom stereocenters. The van der Waals surface area contributed by atoms with Crippen molar-refractivity contribution in [2.75, 3.05) is 10.2 Å². The number of benzene rings is 2. The molecule has 3 rings (SSSR count). The molecule has 0 radical (unpaired) electrons. The first-order valence-electron chi connectivity index (χ1n) is 8.70. The SMILES string of the molecule is Cc1nc(Nc2cccc(F)c2)cc(N(Cc2ccccc2)C(C)C)n1. The van der Waals surface area contributed by atoms with Gasteiger partial charge in [-0.2, -0.15) is 0 Å². The molecule has 0 amide bonds. The second-order valence-electron chi connectivity index (χ2n) is 6.50. The summed E-state index contributed by atoms with van der Waals surface area (Å²) in [7, 11) is 0. The van der Waals surface area contributed by atoms with Gasteiger partial charge in [-0.25, -0.2) is 14.4 Å². The van der Waals surface area contributed by atoms with Crippen molar-refractivity contribution in [2.45, 2.75) is 33.4 Å². The Balaban J connectivity index is 1.89. The number of halogens is 1. The summed E-state index contributed by atoms with van der Waals surface area (Å²) in [4.78, 5) is 11.3. The summed E-state index contributed by atoms with van der Waals surface area (Å²) in [6, 6.07) is 18.8. The molecule has 0 aliphatic rings. The molecule has 3 aromatic rings. The summed E-state index contributed by atoms with van der Waals surface area (Å²) in [5.74, 6) is 1.88. The molecule has 0 aliphatic carbocycles. The van der Waals surface area contributed by atoms with Gasteiger partial charge in [-0.3, -0.25) is 0 Å². The molecule has 1 N–H and O–H groups in total. The predicted octanol–water partition coefficient (Wildman–Crippen LogP) is 5.08. The first kappa shape index (κ1) is 17.9. The summed E-state index contributed by atoms with van der Waals surface area (Å²) < 4.78 is 13.4. The number of hydrogen-bond acceptors (Lipinski definition) is 4. The average Bonchev–Trinajstić information content (AvgIpc) is 2.60. The summed E-state index contributed by atoms with van der Waals surface area (Å²) >= 11 is 0. The second kappa shape index (κ2) is 7.95. The van der Waals surface area contributed by atoms with Crippen LogP contribution in [-0.4, -0.2) is 16.0 Å². The van der Waals surface area contributed by atoms with Gasteiger partial charge in [0.05, 0.1) is 0 Å². The zero-order valence-corrected chi connectivity index (χ0v) is 15.3. The molecule has 0 bridgehead atoms. The fourth-order valence-electron chi connectivity index (χ4n) is 2.79. The fourth-order valence-corrected chi connectivity index (χ4v) is 2.79. The van der Waals surface area contributed by atoms with Gasteiger partial charge in [-0.05, 0) is 44.5 Å². The Hall–Kier alpha value is -2.95. The van der Waals surface area contributed by atoms with Crippen molar-refractivity contribution >= 4 is 17.3 Å². The zero-order valence-electron chi connectivity index (χ0n) is 15.3. The number of aryl methyl sites for hydroxylation is 1. The Morgan fingerprint density at radius 2 is 1.77 bits per heavy atom. The van der Waals surface area contributed by atoms with Crippen LogP contribution in [0.15, 0.2) is 60.7 Å². The molecule has 0 aliphatic heterocycles. The van der Waals surface area contributed by atoms with Crippen LogP contribution in [0.3, 0.4) is 0 Å². The van der Waals surface area contributed by atoms with Crippen LogP contribution < -0.4 is 10.2 Å². The fraction of sp³-hybridized carbons (Fsp3) is 0.238. The van der Waals surface area contributed by atoms with Crippen molar-refractivity contribution in [3.05, 3.63) is 77.9 Å². The van der Waals surface area contributed by atoms with E-state index in [-0.39, 0.29) is 11.9 Å². The minimum atomic E-state index is -0.283. The van der Waals surface area contributed by atoms with Crippen LogP contribution in [0.5, 0.6) is 0 Å². The topological polar surface area (TPSA) is 41.1 Å². The van der Waals surface area contributed by atoms with E-state index in [0.29, 0.717) is 17.3 Å². The third-order valence-corrected chi connectivity index (χ3v) is 4.03. The van der Waals surface area contributed by atoms with Gasteiger partial charge < -0.3 is 10.2 Å². The Kier molecular flexibility index (Phi) is 5.46. The minimum Gasteiger partial charge on any atom is -0.350 e. The molecule has 26 heavy (non-hydrogen) atoms. The highest BCUT2D eigenvalue weighted by atomic mass is 19.1. The van der Waals surface area contributed by atoms with E-state index < -0.39 is 0 Å². The van der Waals surface area contributed by atoms with Crippen molar-refractivity contribution in [1.29, 1.82) is 0 Å². The van der Waals surface area contributed by atoms with Crippen molar-refractivity contribution in [3.63, 3.8) is 0 Å². The summed E-state index contributed by atoms with van der Waals surface area (Å²) in [6.07, 6.45) is 0. The molecule has 5 heteroatoms.